The van der Waals surface area contributed by atoms with Gasteiger partial charge in [0.25, 0.3) is 0 Å². The zero-order valence-corrected chi connectivity index (χ0v) is 18.2. The Bertz CT molecular complexity index is 807. The number of hydrogen-bond acceptors (Lipinski definition) is 5. The first kappa shape index (κ1) is 22.0. The summed E-state index contributed by atoms with van der Waals surface area (Å²) in [6.07, 6.45) is 2.39. The first-order valence-corrected chi connectivity index (χ1v) is 10.8. The number of piperidine rings is 2. The zero-order valence-electron chi connectivity index (χ0n) is 18.2. The Morgan fingerprint density at radius 1 is 0.645 bits per heavy atom. The van der Waals surface area contributed by atoms with Gasteiger partial charge in [-0.05, 0) is 24.3 Å². The van der Waals surface area contributed by atoms with Crippen molar-refractivity contribution in [1.82, 2.24) is 0 Å². The number of methoxy groups -OCH3 is 2. The standard InChI is InChI=1S/C24H30F2N2O3/c1-29-23(11-15-27(16-12-23)21-9-5-3-7-19(21)25)31-24(30-2)13-17-28(18-14-24)22-10-6-4-8-20(22)26/h3-10H,11-18H2,1-2H3. The van der Waals surface area contributed by atoms with Gasteiger partial charge in [-0.25, -0.2) is 8.78 Å². The molecule has 0 saturated carbocycles. The third-order valence-corrected chi connectivity index (χ3v) is 6.55. The lowest BCUT2D eigenvalue weighted by molar-refractivity contribution is -0.358. The minimum absolute atomic E-state index is 0.220. The Balaban J connectivity index is 1.42. The fourth-order valence-electron chi connectivity index (χ4n) is 4.63. The maximum absolute atomic E-state index is 14.2. The Hall–Kier alpha value is -2.22. The Morgan fingerprint density at radius 2 is 1.00 bits per heavy atom. The van der Waals surface area contributed by atoms with Gasteiger partial charge in [-0.1, -0.05) is 24.3 Å². The van der Waals surface area contributed by atoms with Crippen LogP contribution >= 0.6 is 0 Å². The topological polar surface area (TPSA) is 34.2 Å². The third kappa shape index (κ3) is 4.54. The number of hydrogen-bond donors (Lipinski definition) is 0. The number of nitrogens with zero attached hydrogens (tertiary/aromatic N) is 2. The quantitative estimate of drug-likeness (QED) is 0.625. The molecule has 2 saturated heterocycles. The molecule has 31 heavy (non-hydrogen) atoms. The fraction of sp³-hybridized carbons (Fsp3) is 0.500. The van der Waals surface area contributed by atoms with Gasteiger partial charge in [-0.2, -0.15) is 0 Å². The number of ether oxygens (including phenoxy) is 3. The number of rotatable bonds is 6. The normalized spacial score (nSPS) is 20.6. The summed E-state index contributed by atoms with van der Waals surface area (Å²) in [5.74, 6) is -2.03. The lowest BCUT2D eigenvalue weighted by Crippen LogP contribution is -2.56. The summed E-state index contributed by atoms with van der Waals surface area (Å²) in [6.45, 7) is 2.48. The van der Waals surface area contributed by atoms with E-state index in [0.717, 1.165) is 0 Å². The van der Waals surface area contributed by atoms with E-state index in [1.807, 2.05) is 21.9 Å². The van der Waals surface area contributed by atoms with Crippen molar-refractivity contribution in [2.45, 2.75) is 37.3 Å². The van der Waals surface area contributed by atoms with Gasteiger partial charge < -0.3 is 24.0 Å². The van der Waals surface area contributed by atoms with E-state index >= 15 is 0 Å². The lowest BCUT2D eigenvalue weighted by Gasteiger charge is -2.49. The van der Waals surface area contributed by atoms with Crippen molar-refractivity contribution >= 4 is 11.4 Å². The summed E-state index contributed by atoms with van der Waals surface area (Å²) in [4.78, 5) is 4.05. The van der Waals surface area contributed by atoms with Crippen LogP contribution in [0.15, 0.2) is 48.5 Å². The average molecular weight is 433 g/mol. The predicted octanol–water partition coefficient (Wildman–Crippen LogP) is 4.57. The lowest BCUT2D eigenvalue weighted by atomic mass is 9.98. The first-order chi connectivity index (χ1) is 15.0. The second kappa shape index (κ2) is 9.10. The molecule has 0 amide bonds. The van der Waals surface area contributed by atoms with Crippen LogP contribution in [0.25, 0.3) is 0 Å². The molecule has 0 radical (unpaired) electrons. The van der Waals surface area contributed by atoms with E-state index in [9.17, 15) is 8.78 Å². The van der Waals surface area contributed by atoms with E-state index in [1.54, 1.807) is 38.5 Å². The molecule has 5 nitrogen and oxygen atoms in total. The van der Waals surface area contributed by atoms with Crippen LogP contribution in [0.5, 0.6) is 0 Å². The summed E-state index contributed by atoms with van der Waals surface area (Å²) in [5, 5.41) is 0. The summed E-state index contributed by atoms with van der Waals surface area (Å²) in [7, 11) is 3.30. The molecule has 0 aromatic heterocycles. The van der Waals surface area contributed by atoms with Gasteiger partial charge in [0.1, 0.15) is 11.6 Å². The molecule has 0 bridgehead atoms. The molecule has 0 spiro atoms. The van der Waals surface area contributed by atoms with Crippen LogP contribution in [0.1, 0.15) is 25.7 Å². The molecule has 7 heteroatoms. The van der Waals surface area contributed by atoms with Crippen LogP contribution in [-0.2, 0) is 14.2 Å². The Labute approximate surface area is 182 Å². The largest absolute Gasteiger partial charge is 0.369 e. The summed E-state index contributed by atoms with van der Waals surface area (Å²) < 4.78 is 46.6. The fourth-order valence-corrected chi connectivity index (χ4v) is 4.63. The predicted molar refractivity (Wildman–Crippen MR) is 116 cm³/mol. The summed E-state index contributed by atoms with van der Waals surface area (Å²) >= 11 is 0. The highest BCUT2D eigenvalue weighted by molar-refractivity contribution is 5.49. The number of anilines is 2. The molecule has 4 rings (SSSR count). The van der Waals surface area contributed by atoms with Gasteiger partial charge in [0.05, 0.1) is 11.4 Å². The minimum Gasteiger partial charge on any atom is -0.369 e. The van der Waals surface area contributed by atoms with E-state index in [2.05, 4.69) is 0 Å². The van der Waals surface area contributed by atoms with Crippen molar-refractivity contribution in [3.8, 4) is 0 Å². The first-order valence-electron chi connectivity index (χ1n) is 10.8. The highest BCUT2D eigenvalue weighted by Gasteiger charge is 2.46. The molecular weight excluding hydrogens is 402 g/mol. The van der Waals surface area contributed by atoms with Crippen LogP contribution in [0.2, 0.25) is 0 Å². The van der Waals surface area contributed by atoms with E-state index in [-0.39, 0.29) is 11.6 Å². The molecule has 0 N–H and O–H groups in total. The average Bonchev–Trinajstić information content (AvgIpc) is 2.81. The molecule has 2 aromatic carbocycles. The molecule has 2 aliphatic rings. The molecule has 2 aromatic rings. The van der Waals surface area contributed by atoms with Crippen molar-refractivity contribution in [2.24, 2.45) is 0 Å². The van der Waals surface area contributed by atoms with Crippen molar-refractivity contribution in [3.05, 3.63) is 60.2 Å². The van der Waals surface area contributed by atoms with Crippen molar-refractivity contribution in [1.29, 1.82) is 0 Å². The Morgan fingerprint density at radius 3 is 1.32 bits per heavy atom. The van der Waals surface area contributed by atoms with Crippen LogP contribution in [-0.4, -0.2) is 52.0 Å². The molecule has 2 aliphatic heterocycles. The van der Waals surface area contributed by atoms with Gasteiger partial charge in [0.2, 0.25) is 0 Å². The van der Waals surface area contributed by atoms with Crippen LogP contribution in [0, 0.1) is 11.6 Å². The number of benzene rings is 2. The smallest absolute Gasteiger partial charge is 0.174 e. The van der Waals surface area contributed by atoms with E-state index in [1.165, 1.54) is 12.1 Å². The van der Waals surface area contributed by atoms with Gasteiger partial charge in [0, 0.05) is 66.1 Å². The van der Waals surface area contributed by atoms with E-state index in [0.29, 0.717) is 63.2 Å². The van der Waals surface area contributed by atoms with Crippen molar-refractivity contribution in [2.75, 3.05) is 50.2 Å². The van der Waals surface area contributed by atoms with E-state index in [4.69, 9.17) is 14.2 Å². The van der Waals surface area contributed by atoms with Crippen molar-refractivity contribution in [3.63, 3.8) is 0 Å². The monoisotopic (exact) mass is 432 g/mol. The molecule has 0 atom stereocenters. The second-order valence-corrected chi connectivity index (χ2v) is 8.21. The SMILES string of the molecule is COC1(OC2(OC)CCN(c3ccccc3F)CC2)CCN(c2ccccc2F)CC1. The third-order valence-electron chi connectivity index (χ3n) is 6.55. The van der Waals surface area contributed by atoms with Crippen molar-refractivity contribution < 1.29 is 23.0 Å². The second-order valence-electron chi connectivity index (χ2n) is 8.21. The number of halogens is 2. The van der Waals surface area contributed by atoms with Gasteiger partial charge in [0.15, 0.2) is 11.6 Å². The molecular formula is C24H30F2N2O3. The van der Waals surface area contributed by atoms with Gasteiger partial charge in [-0.3, -0.25) is 0 Å². The molecule has 2 fully saturated rings. The molecule has 168 valence electrons. The Kier molecular flexibility index (Phi) is 6.46. The van der Waals surface area contributed by atoms with Crippen LogP contribution < -0.4 is 9.80 Å². The van der Waals surface area contributed by atoms with Gasteiger partial charge >= 0.3 is 0 Å². The van der Waals surface area contributed by atoms with Gasteiger partial charge in [-0.15, -0.1) is 0 Å². The minimum atomic E-state index is -0.794. The molecule has 0 aliphatic carbocycles. The highest BCUT2D eigenvalue weighted by atomic mass is 19.1. The van der Waals surface area contributed by atoms with Crippen LogP contribution in [0.4, 0.5) is 20.2 Å². The maximum atomic E-state index is 14.2. The summed E-state index contributed by atoms with van der Waals surface area (Å²) in [5.41, 5.74) is 1.21. The van der Waals surface area contributed by atoms with E-state index < -0.39 is 11.6 Å². The summed E-state index contributed by atoms with van der Waals surface area (Å²) in [6, 6.07) is 13.6. The number of para-hydroxylation sites is 2. The molecule has 0 unspecified atom stereocenters. The molecule has 2 heterocycles. The van der Waals surface area contributed by atoms with Crippen LogP contribution in [0.3, 0.4) is 0 Å². The highest BCUT2D eigenvalue weighted by Crippen LogP contribution is 2.39. The zero-order chi connectivity index (χ0) is 21.9. The maximum Gasteiger partial charge on any atom is 0.174 e.